The molecule has 1 saturated carbocycles. The Hall–Kier alpha value is -1.18. The Morgan fingerprint density at radius 1 is 1.31 bits per heavy atom. The maximum atomic E-state index is 13.2. The van der Waals surface area contributed by atoms with Crippen LogP contribution >= 0.6 is 0 Å². The molecule has 1 nitrogen and oxygen atoms in total. The zero-order chi connectivity index (χ0) is 11.5. The summed E-state index contributed by atoms with van der Waals surface area (Å²) in [6.07, 6.45) is 1.27. The summed E-state index contributed by atoms with van der Waals surface area (Å²) in [4.78, 5) is 11.7. The lowest BCUT2D eigenvalue weighted by Gasteiger charge is -2.20. The average molecular weight is 220 g/mol. The first kappa shape index (κ1) is 11.3. The van der Waals surface area contributed by atoms with Crippen LogP contribution in [0, 0.1) is 5.92 Å². The van der Waals surface area contributed by atoms with E-state index in [1.165, 1.54) is 0 Å². The van der Waals surface area contributed by atoms with E-state index in [9.17, 15) is 9.18 Å². The van der Waals surface area contributed by atoms with Gasteiger partial charge in [-0.3, -0.25) is 4.79 Å². The van der Waals surface area contributed by atoms with E-state index in [4.69, 9.17) is 0 Å². The Morgan fingerprint density at radius 2 is 2.00 bits per heavy atom. The topological polar surface area (TPSA) is 17.1 Å². The fraction of sp³-hybridized carbons (Fsp3) is 0.500. The van der Waals surface area contributed by atoms with E-state index in [0.717, 1.165) is 12.0 Å². The molecule has 0 heterocycles. The average Bonchev–Trinajstić information content (AvgIpc) is 2.66. The van der Waals surface area contributed by atoms with Crippen molar-refractivity contribution >= 4 is 5.78 Å². The molecule has 0 N–H and O–H groups in total. The van der Waals surface area contributed by atoms with Gasteiger partial charge in [0.2, 0.25) is 0 Å². The minimum absolute atomic E-state index is 0.109. The molecule has 0 radical (unpaired) electrons. The Bertz CT molecular complexity index is 360. The Kier molecular flexibility index (Phi) is 3.37. The Balaban J connectivity index is 2.21. The second-order valence-corrected chi connectivity index (χ2v) is 4.67. The van der Waals surface area contributed by atoms with Crippen LogP contribution in [0.4, 0.5) is 4.39 Å². The number of carbonyl (C=O) groups is 1. The lowest BCUT2D eigenvalue weighted by molar-refractivity contribution is -0.119. The summed E-state index contributed by atoms with van der Waals surface area (Å²) in [6.45, 7) is 1.61. The molecule has 2 unspecified atom stereocenters. The van der Waals surface area contributed by atoms with Gasteiger partial charge in [0.1, 0.15) is 12.0 Å². The molecular formula is C14H17FO. The van der Waals surface area contributed by atoms with E-state index < -0.39 is 6.17 Å². The molecule has 2 heteroatoms. The number of rotatable bonds is 3. The zero-order valence-corrected chi connectivity index (χ0v) is 9.53. The highest BCUT2D eigenvalue weighted by Gasteiger charge is 2.33. The first-order valence-corrected chi connectivity index (χ1v) is 5.88. The van der Waals surface area contributed by atoms with Crippen LogP contribution in [0.1, 0.15) is 37.7 Å². The number of carbonyl (C=O) groups excluding carboxylic acids is 1. The highest BCUT2D eigenvalue weighted by molar-refractivity contribution is 5.83. The van der Waals surface area contributed by atoms with Crippen molar-refractivity contribution in [1.82, 2.24) is 0 Å². The zero-order valence-electron chi connectivity index (χ0n) is 9.53. The summed E-state index contributed by atoms with van der Waals surface area (Å²) < 4.78 is 13.2. The summed E-state index contributed by atoms with van der Waals surface area (Å²) in [7, 11) is 0. The van der Waals surface area contributed by atoms with Crippen molar-refractivity contribution in [2.45, 2.75) is 38.3 Å². The number of hydrogen-bond donors (Lipinski definition) is 0. The lowest BCUT2D eigenvalue weighted by atomic mass is 9.82. The molecule has 3 atom stereocenters. The van der Waals surface area contributed by atoms with Gasteiger partial charge in [0, 0.05) is 5.92 Å². The van der Waals surface area contributed by atoms with E-state index in [1.807, 2.05) is 30.3 Å². The van der Waals surface area contributed by atoms with Gasteiger partial charge in [-0.05, 0) is 37.7 Å². The number of halogens is 1. The molecule has 1 aliphatic carbocycles. The maximum absolute atomic E-state index is 13.2. The molecule has 0 aromatic heterocycles. The first-order chi connectivity index (χ1) is 7.68. The largest absolute Gasteiger partial charge is 0.299 e. The monoisotopic (exact) mass is 220 g/mol. The van der Waals surface area contributed by atoms with Crippen molar-refractivity contribution in [3.63, 3.8) is 0 Å². The molecule has 1 aliphatic rings. The number of ketones is 1. The minimum Gasteiger partial charge on any atom is -0.299 e. The quantitative estimate of drug-likeness (QED) is 0.762. The molecule has 0 spiro atoms. The van der Waals surface area contributed by atoms with E-state index in [1.54, 1.807) is 6.92 Å². The van der Waals surface area contributed by atoms with Crippen LogP contribution in [0.2, 0.25) is 0 Å². The van der Waals surface area contributed by atoms with E-state index in [2.05, 4.69) is 0 Å². The number of benzene rings is 1. The summed E-state index contributed by atoms with van der Waals surface area (Å²) in [6, 6.07) is 9.75. The molecule has 2 rings (SSSR count). The van der Waals surface area contributed by atoms with Gasteiger partial charge in [0.05, 0.1) is 0 Å². The maximum Gasteiger partial charge on any atom is 0.137 e. The normalized spacial score (nSPS) is 26.6. The highest BCUT2D eigenvalue weighted by atomic mass is 19.1. The first-order valence-electron chi connectivity index (χ1n) is 5.88. The smallest absolute Gasteiger partial charge is 0.137 e. The van der Waals surface area contributed by atoms with Crippen LogP contribution in [-0.4, -0.2) is 12.0 Å². The minimum atomic E-state index is -0.712. The summed E-state index contributed by atoms with van der Waals surface area (Å²) in [5, 5.41) is 0. The van der Waals surface area contributed by atoms with Gasteiger partial charge in [0.25, 0.3) is 0 Å². The lowest BCUT2D eigenvalue weighted by Crippen LogP contribution is -2.18. The van der Waals surface area contributed by atoms with Crippen LogP contribution < -0.4 is 0 Å². The van der Waals surface area contributed by atoms with E-state index >= 15 is 0 Å². The van der Waals surface area contributed by atoms with Gasteiger partial charge in [-0.15, -0.1) is 0 Å². The molecule has 16 heavy (non-hydrogen) atoms. The third-order valence-corrected chi connectivity index (χ3v) is 3.48. The van der Waals surface area contributed by atoms with Gasteiger partial charge in [0.15, 0.2) is 0 Å². The van der Waals surface area contributed by atoms with Gasteiger partial charge in [-0.25, -0.2) is 4.39 Å². The molecule has 0 amide bonds. The molecule has 0 aliphatic heterocycles. The fourth-order valence-electron chi connectivity index (χ4n) is 2.76. The van der Waals surface area contributed by atoms with Gasteiger partial charge in [-0.2, -0.15) is 0 Å². The SMILES string of the molecule is CC(=O)C(c1ccccc1)C1CC[C@H](F)C1. The van der Waals surface area contributed by atoms with Crippen molar-refractivity contribution in [3.8, 4) is 0 Å². The molecule has 1 aromatic rings. The van der Waals surface area contributed by atoms with Crippen molar-refractivity contribution < 1.29 is 9.18 Å². The van der Waals surface area contributed by atoms with Gasteiger partial charge < -0.3 is 0 Å². The summed E-state index contributed by atoms with van der Waals surface area (Å²) in [5.41, 5.74) is 1.04. The fourth-order valence-corrected chi connectivity index (χ4v) is 2.76. The van der Waals surface area contributed by atoms with Crippen LogP contribution in [0.15, 0.2) is 30.3 Å². The predicted molar refractivity (Wildman–Crippen MR) is 62.1 cm³/mol. The molecule has 86 valence electrons. The van der Waals surface area contributed by atoms with Crippen LogP contribution in [0.3, 0.4) is 0 Å². The van der Waals surface area contributed by atoms with Crippen molar-refractivity contribution in [3.05, 3.63) is 35.9 Å². The van der Waals surface area contributed by atoms with Crippen LogP contribution in [-0.2, 0) is 4.79 Å². The number of hydrogen-bond acceptors (Lipinski definition) is 1. The molecular weight excluding hydrogens is 203 g/mol. The Morgan fingerprint density at radius 3 is 2.50 bits per heavy atom. The van der Waals surface area contributed by atoms with Crippen molar-refractivity contribution in [1.29, 1.82) is 0 Å². The molecule has 0 saturated heterocycles. The Labute approximate surface area is 95.7 Å². The van der Waals surface area contributed by atoms with Gasteiger partial charge in [-0.1, -0.05) is 30.3 Å². The van der Waals surface area contributed by atoms with Crippen molar-refractivity contribution in [2.75, 3.05) is 0 Å². The molecule has 0 bridgehead atoms. The third kappa shape index (κ3) is 2.31. The van der Waals surface area contributed by atoms with E-state index in [0.29, 0.717) is 12.8 Å². The van der Waals surface area contributed by atoms with Gasteiger partial charge >= 0.3 is 0 Å². The van der Waals surface area contributed by atoms with Crippen LogP contribution in [0.25, 0.3) is 0 Å². The number of alkyl halides is 1. The summed E-state index contributed by atoms with van der Waals surface area (Å²) in [5.74, 6) is 0.238. The predicted octanol–water partition coefficient (Wildman–Crippen LogP) is 3.50. The third-order valence-electron chi connectivity index (χ3n) is 3.48. The molecule has 1 fully saturated rings. The number of Topliss-reactive ketones (excluding diaryl/α,β-unsaturated/α-hetero) is 1. The summed E-state index contributed by atoms with van der Waals surface area (Å²) >= 11 is 0. The van der Waals surface area contributed by atoms with Crippen molar-refractivity contribution in [2.24, 2.45) is 5.92 Å². The second kappa shape index (κ2) is 4.77. The molecule has 1 aromatic carbocycles. The van der Waals surface area contributed by atoms with Crippen LogP contribution in [0.5, 0.6) is 0 Å². The highest BCUT2D eigenvalue weighted by Crippen LogP contribution is 2.39. The van der Waals surface area contributed by atoms with E-state index in [-0.39, 0.29) is 17.6 Å². The standard InChI is InChI=1S/C14H17FO/c1-10(16)14(11-5-3-2-4-6-11)12-7-8-13(15)9-12/h2-6,12-14H,7-9H2,1H3/t12?,13-,14?/m0/s1. The second-order valence-electron chi connectivity index (χ2n) is 4.67.